The van der Waals surface area contributed by atoms with Crippen molar-refractivity contribution >= 4 is 58.2 Å². The minimum Gasteiger partial charge on any atom is -0.348 e. The van der Waals surface area contributed by atoms with Gasteiger partial charge in [0.1, 0.15) is 31.8 Å². The lowest BCUT2D eigenvalue weighted by Crippen LogP contribution is -2.32. The van der Waals surface area contributed by atoms with E-state index in [1.807, 2.05) is 0 Å². The number of ether oxygens (including phenoxy) is 2. The molecule has 8 nitrogen and oxygen atoms in total. The molecule has 0 spiro atoms. The van der Waals surface area contributed by atoms with E-state index in [0.29, 0.717) is 17.9 Å². The van der Waals surface area contributed by atoms with E-state index in [-0.39, 0.29) is 36.0 Å². The molecule has 1 saturated heterocycles. The average Bonchev–Trinajstić information content (AvgIpc) is 3.08. The summed E-state index contributed by atoms with van der Waals surface area (Å²) in [5.74, 6) is -4.14. The van der Waals surface area contributed by atoms with Crippen LogP contribution >= 0.6 is 23.5 Å². The summed E-state index contributed by atoms with van der Waals surface area (Å²) >= 11 is 2.67. The van der Waals surface area contributed by atoms with Gasteiger partial charge in [-0.2, -0.15) is 23.5 Å². The van der Waals surface area contributed by atoms with E-state index >= 15 is 0 Å². The topological polar surface area (TPSA) is 121 Å². The fraction of sp³-hybridized carbons (Fsp3) is 0.667. The van der Waals surface area contributed by atoms with Crippen LogP contribution in [0.25, 0.3) is 0 Å². The number of thioether (sulfide) groups is 2. The van der Waals surface area contributed by atoms with Crippen LogP contribution in [0.15, 0.2) is 0 Å². The number of rotatable bonds is 0. The zero-order valence-corrected chi connectivity index (χ0v) is 16.7. The van der Waals surface area contributed by atoms with Crippen molar-refractivity contribution in [3.63, 3.8) is 0 Å². The maximum absolute atomic E-state index is 12.4. The van der Waals surface area contributed by atoms with E-state index in [2.05, 4.69) is 0 Å². The molecule has 0 aromatic rings. The second-order valence-corrected chi connectivity index (χ2v) is 9.45. The van der Waals surface area contributed by atoms with Crippen LogP contribution in [0.4, 0.5) is 0 Å². The van der Waals surface area contributed by atoms with Gasteiger partial charge in [-0.15, -0.1) is 0 Å². The van der Waals surface area contributed by atoms with Gasteiger partial charge in [0.25, 0.3) is 0 Å². The first-order chi connectivity index (χ1) is 13.4. The molecular weight excluding hydrogens is 408 g/mol. The molecule has 10 heteroatoms. The van der Waals surface area contributed by atoms with E-state index in [1.165, 1.54) is 23.5 Å². The Hall–Kier alpha value is -1.36. The molecule has 0 N–H and O–H groups in total. The molecule has 0 aromatic carbocycles. The minimum atomic E-state index is -1.28. The van der Waals surface area contributed by atoms with Crippen LogP contribution < -0.4 is 0 Å². The smallest absolute Gasteiger partial charge is 0.176 e. The molecule has 3 rings (SSSR count). The predicted octanol–water partition coefficient (Wildman–Crippen LogP) is 0.0388. The lowest BCUT2D eigenvalue weighted by atomic mass is 10.0. The number of carbonyl (C=O) groups is 6. The number of hydrogen-bond donors (Lipinski definition) is 0. The van der Waals surface area contributed by atoms with Gasteiger partial charge in [0, 0.05) is 12.8 Å². The van der Waals surface area contributed by atoms with Gasteiger partial charge in [0.15, 0.2) is 34.7 Å². The normalized spacial score (nSPS) is 33.9. The van der Waals surface area contributed by atoms with Crippen molar-refractivity contribution in [2.45, 2.75) is 29.8 Å². The van der Waals surface area contributed by atoms with Crippen LogP contribution in [0.1, 0.15) is 19.3 Å². The van der Waals surface area contributed by atoms with Gasteiger partial charge in [-0.25, -0.2) is 0 Å². The Bertz CT molecular complexity index is 660. The van der Waals surface area contributed by atoms with Crippen molar-refractivity contribution in [2.24, 2.45) is 11.8 Å². The molecule has 4 atom stereocenters. The Morgan fingerprint density at radius 3 is 1.50 bits per heavy atom. The predicted molar refractivity (Wildman–Crippen MR) is 100 cm³/mol. The first-order valence-corrected chi connectivity index (χ1v) is 11.1. The monoisotopic (exact) mass is 428 g/mol. The fourth-order valence-corrected chi connectivity index (χ4v) is 6.01. The lowest BCUT2D eigenvalue weighted by Gasteiger charge is -2.12. The number of Topliss-reactive ketones (excluding diaryl/α,β-unsaturated/α-hetero) is 6. The van der Waals surface area contributed by atoms with Crippen molar-refractivity contribution in [2.75, 3.05) is 31.5 Å². The third-order valence-corrected chi connectivity index (χ3v) is 7.50. The second kappa shape index (κ2) is 9.43. The first-order valence-electron chi connectivity index (χ1n) is 8.97. The van der Waals surface area contributed by atoms with Gasteiger partial charge in [-0.1, -0.05) is 0 Å². The zero-order valence-electron chi connectivity index (χ0n) is 15.0. The van der Waals surface area contributed by atoms with Crippen LogP contribution in [-0.2, 0) is 38.2 Å². The van der Waals surface area contributed by atoms with E-state index in [1.54, 1.807) is 0 Å². The summed E-state index contributed by atoms with van der Waals surface area (Å²) in [6.45, 7) is -1.38. The molecule has 28 heavy (non-hydrogen) atoms. The molecule has 1 aliphatic heterocycles. The zero-order chi connectivity index (χ0) is 20.3. The molecule has 4 bridgehead atoms. The van der Waals surface area contributed by atoms with Crippen LogP contribution in [0.5, 0.6) is 0 Å². The van der Waals surface area contributed by atoms with E-state index < -0.39 is 53.9 Å². The van der Waals surface area contributed by atoms with E-state index in [4.69, 9.17) is 9.47 Å². The quantitative estimate of drug-likeness (QED) is 0.489. The Morgan fingerprint density at radius 1 is 0.643 bits per heavy atom. The lowest BCUT2D eigenvalue weighted by molar-refractivity contribution is -0.144. The standard InChI is InChI=1S/C18H20O8S2/c19-9-4-13-17(23)15(9)11(21)6-25-8-26-7-12(22)16-10(20)5-14(18(16)24)28-3-1-2-27-13/h13-16H,1-8H2. The Labute approximate surface area is 169 Å². The number of ketones is 6. The molecule has 4 unspecified atom stereocenters. The van der Waals surface area contributed by atoms with Crippen molar-refractivity contribution in [1.82, 2.24) is 0 Å². The van der Waals surface area contributed by atoms with E-state index in [0.717, 1.165) is 0 Å². The van der Waals surface area contributed by atoms with Crippen LogP contribution in [0.3, 0.4) is 0 Å². The molecule has 2 aliphatic carbocycles. The highest BCUT2D eigenvalue weighted by atomic mass is 32.2. The summed E-state index contributed by atoms with van der Waals surface area (Å²) in [5, 5.41) is -1.06. The van der Waals surface area contributed by atoms with Gasteiger partial charge in [0.05, 0.1) is 10.5 Å². The molecular formula is C18H20O8S2. The van der Waals surface area contributed by atoms with Gasteiger partial charge >= 0.3 is 0 Å². The Balaban J connectivity index is 1.66. The fourth-order valence-electron chi connectivity index (χ4n) is 3.47. The third-order valence-electron chi connectivity index (χ3n) is 4.85. The third kappa shape index (κ3) is 4.61. The second-order valence-electron chi connectivity index (χ2n) is 6.83. The summed E-state index contributed by atoms with van der Waals surface area (Å²) in [6, 6.07) is 0. The van der Waals surface area contributed by atoms with Gasteiger partial charge < -0.3 is 9.47 Å². The number of hydrogen-bond acceptors (Lipinski definition) is 10. The first kappa shape index (κ1) is 21.4. The average molecular weight is 428 g/mol. The molecule has 3 aliphatic rings. The maximum Gasteiger partial charge on any atom is 0.176 e. The highest BCUT2D eigenvalue weighted by molar-refractivity contribution is 8.01. The van der Waals surface area contributed by atoms with Crippen LogP contribution in [-0.4, -0.2) is 76.7 Å². The summed E-state index contributed by atoms with van der Waals surface area (Å²) in [7, 11) is 0. The molecule has 2 saturated carbocycles. The molecule has 1 heterocycles. The largest absolute Gasteiger partial charge is 0.348 e. The summed E-state index contributed by atoms with van der Waals surface area (Å²) in [4.78, 5) is 73.1. The maximum atomic E-state index is 12.4. The molecule has 0 aromatic heterocycles. The van der Waals surface area contributed by atoms with Crippen molar-refractivity contribution < 1.29 is 38.2 Å². The minimum absolute atomic E-state index is 0.0370. The van der Waals surface area contributed by atoms with Gasteiger partial charge in [0.2, 0.25) is 0 Å². The number of fused-ring (bicyclic) bond motifs is 4. The molecule has 0 amide bonds. The Morgan fingerprint density at radius 2 is 1.07 bits per heavy atom. The van der Waals surface area contributed by atoms with Crippen molar-refractivity contribution in [3.05, 3.63) is 0 Å². The molecule has 152 valence electrons. The van der Waals surface area contributed by atoms with Crippen LogP contribution in [0, 0.1) is 11.8 Å². The SMILES string of the molecule is O=C1COCOCC(=O)C2C(=O)CC(SCCCSC3CC(=O)C1C3=O)C2=O. The molecule has 0 radical (unpaired) electrons. The highest BCUT2D eigenvalue weighted by Gasteiger charge is 2.46. The summed E-state index contributed by atoms with van der Waals surface area (Å²) < 4.78 is 10.0. The summed E-state index contributed by atoms with van der Waals surface area (Å²) in [5.41, 5.74) is 0. The van der Waals surface area contributed by atoms with Crippen LogP contribution in [0.2, 0.25) is 0 Å². The van der Waals surface area contributed by atoms with E-state index in [9.17, 15) is 28.8 Å². The number of carbonyl (C=O) groups excluding carboxylic acids is 6. The van der Waals surface area contributed by atoms with Crippen molar-refractivity contribution in [3.8, 4) is 0 Å². The molecule has 3 fully saturated rings. The Kier molecular flexibility index (Phi) is 7.19. The summed E-state index contributed by atoms with van der Waals surface area (Å²) in [6.07, 6.45) is 0.749. The van der Waals surface area contributed by atoms with Gasteiger partial charge in [-0.05, 0) is 17.9 Å². The van der Waals surface area contributed by atoms with Gasteiger partial charge in [-0.3, -0.25) is 28.8 Å². The van der Waals surface area contributed by atoms with Crippen molar-refractivity contribution in [1.29, 1.82) is 0 Å². The highest BCUT2D eigenvalue weighted by Crippen LogP contribution is 2.32.